The van der Waals surface area contributed by atoms with E-state index >= 15 is 0 Å². The van der Waals surface area contributed by atoms with E-state index in [2.05, 4.69) is 86.6 Å². The lowest BCUT2D eigenvalue weighted by molar-refractivity contribution is 0.713. The van der Waals surface area contributed by atoms with E-state index in [0.29, 0.717) is 0 Å². The van der Waals surface area contributed by atoms with Gasteiger partial charge in [0.15, 0.2) is 2.69 Å². The molecule has 0 aromatic rings. The maximum absolute atomic E-state index is 6.07. The molecule has 0 N–H and O–H groups in total. The molecule has 0 aliphatic carbocycles. The van der Waals surface area contributed by atoms with Gasteiger partial charge in [0.1, 0.15) is 3.23 Å². The lowest BCUT2D eigenvalue weighted by Crippen LogP contribution is -2.37. The molecule has 0 heterocycles. The molecule has 0 saturated heterocycles. The second kappa shape index (κ2) is 5.69. The van der Waals surface area contributed by atoms with Crippen LogP contribution in [0.2, 0.25) is 0 Å². The van der Waals surface area contributed by atoms with Crippen molar-refractivity contribution < 1.29 is 0 Å². The molecule has 0 aliphatic rings. The first-order valence-corrected chi connectivity index (χ1v) is 7.78. The molecule has 0 rings (SSSR count). The van der Waals surface area contributed by atoms with Crippen LogP contribution in [0, 0.1) is 0 Å². The quantitative estimate of drug-likeness (QED) is 0.421. The van der Waals surface area contributed by atoms with Crippen LogP contribution in [0.25, 0.3) is 0 Å². The van der Waals surface area contributed by atoms with Crippen LogP contribution in [0.15, 0.2) is 0 Å². The Morgan fingerprint density at radius 2 is 1.67 bits per heavy atom. The second-order valence-corrected chi connectivity index (χ2v) is 12.0. The minimum absolute atomic E-state index is 0.242. The van der Waals surface area contributed by atoms with Crippen LogP contribution < -0.4 is 0 Å². The molecule has 12 heavy (non-hydrogen) atoms. The maximum Gasteiger partial charge on any atom is 0.179 e. The molecule has 74 valence electrons. The van der Waals surface area contributed by atoms with E-state index in [1.165, 1.54) is 0 Å². The number of halogens is 6. The molecule has 0 amide bonds. The third-order valence-electron chi connectivity index (χ3n) is 1.31. The van der Waals surface area contributed by atoms with Crippen LogP contribution in [-0.2, 0) is 0 Å². The Morgan fingerprint density at radius 1 is 1.25 bits per heavy atom. The monoisotopic (exact) mass is 510 g/mol. The largest absolute Gasteiger partial charge is 0.179 e. The van der Waals surface area contributed by atoms with Gasteiger partial charge >= 0.3 is 0 Å². The summed E-state index contributed by atoms with van der Waals surface area (Å²) in [7, 11) is 0. The molecule has 0 fully saturated rings. The van der Waals surface area contributed by atoms with Crippen LogP contribution >= 0.6 is 91.3 Å². The molecule has 0 saturated carbocycles. The number of alkyl halides is 6. The van der Waals surface area contributed by atoms with Crippen molar-refractivity contribution in [1.29, 1.82) is 0 Å². The molecule has 0 radical (unpaired) electrons. The van der Waals surface area contributed by atoms with Crippen molar-refractivity contribution in [3.63, 3.8) is 0 Å². The lowest BCUT2D eigenvalue weighted by atomic mass is 10.2. The molecule has 1 atom stereocenters. The SMILES string of the molecule is CCCC(Br)C(Br)(Br)C(Cl)(Br)Br. The maximum atomic E-state index is 6.07. The van der Waals surface area contributed by atoms with Gasteiger partial charge in [0.2, 0.25) is 0 Å². The van der Waals surface area contributed by atoms with Gasteiger partial charge in [0.05, 0.1) is 0 Å². The fourth-order valence-corrected chi connectivity index (χ4v) is 3.30. The van der Waals surface area contributed by atoms with E-state index in [-0.39, 0.29) is 4.83 Å². The Balaban J connectivity index is 4.38. The summed E-state index contributed by atoms with van der Waals surface area (Å²) < 4.78 is -1.11. The van der Waals surface area contributed by atoms with Crippen molar-refractivity contribution in [2.45, 2.75) is 30.5 Å². The average Bonchev–Trinajstić information content (AvgIpc) is 1.85. The lowest BCUT2D eigenvalue weighted by Gasteiger charge is -2.33. The molecule has 0 spiro atoms. The van der Waals surface area contributed by atoms with E-state index < -0.39 is 5.93 Å². The normalized spacial score (nSPS) is 16.2. The molecule has 0 aliphatic heterocycles. The Kier molecular flexibility index (Phi) is 6.96. The van der Waals surface area contributed by atoms with Crippen molar-refractivity contribution in [2.75, 3.05) is 0 Å². The summed E-state index contributed by atoms with van der Waals surface area (Å²) in [5.74, 6) is 0. The zero-order valence-corrected chi connectivity index (χ0v) is 14.9. The Morgan fingerprint density at radius 3 is 1.92 bits per heavy atom. The highest BCUT2D eigenvalue weighted by atomic mass is 79.9. The van der Waals surface area contributed by atoms with Gasteiger partial charge in [0, 0.05) is 4.83 Å². The first-order chi connectivity index (χ1) is 5.23. The smallest absolute Gasteiger partial charge is 0.0914 e. The minimum atomic E-state index is -0.698. The summed E-state index contributed by atoms with van der Waals surface area (Å²) >= 11 is 23.3. The van der Waals surface area contributed by atoms with Crippen molar-refractivity contribution >= 4 is 91.3 Å². The molecule has 1 unspecified atom stereocenters. The standard InChI is InChI=1S/C6H8Br5Cl/c1-2-3-4(7)5(8,9)6(10,11)12/h4H,2-3H2,1H3. The van der Waals surface area contributed by atoms with Crippen LogP contribution in [0.4, 0.5) is 0 Å². The summed E-state index contributed by atoms with van der Waals surface area (Å²) in [6.45, 7) is 2.13. The zero-order valence-electron chi connectivity index (χ0n) is 6.26. The van der Waals surface area contributed by atoms with Gasteiger partial charge in [-0.3, -0.25) is 0 Å². The molecule has 0 aromatic carbocycles. The minimum Gasteiger partial charge on any atom is -0.0914 e. The van der Waals surface area contributed by atoms with Gasteiger partial charge in [-0.1, -0.05) is 105 Å². The highest BCUT2D eigenvalue weighted by Gasteiger charge is 2.48. The summed E-state index contributed by atoms with van der Waals surface area (Å²) in [6, 6.07) is 0. The molecular formula is C6H8Br5Cl. The topological polar surface area (TPSA) is 0 Å². The summed E-state index contributed by atoms with van der Waals surface area (Å²) in [4.78, 5) is 0.242. The Labute approximate surface area is 120 Å². The van der Waals surface area contributed by atoms with Crippen LogP contribution in [0.1, 0.15) is 19.8 Å². The van der Waals surface area contributed by atoms with E-state index in [4.69, 9.17) is 11.6 Å². The summed E-state index contributed by atoms with van der Waals surface area (Å²) in [6.07, 6.45) is 2.13. The molecule has 6 heteroatoms. The predicted octanol–water partition coefficient (Wildman–Crippen LogP) is 5.72. The second-order valence-electron chi connectivity index (χ2n) is 2.38. The van der Waals surface area contributed by atoms with Gasteiger partial charge in [0.25, 0.3) is 0 Å². The van der Waals surface area contributed by atoms with Gasteiger partial charge in [-0.05, 0) is 6.42 Å². The zero-order chi connectivity index (χ0) is 9.99. The molecule has 0 bridgehead atoms. The van der Waals surface area contributed by atoms with Crippen LogP contribution in [0.3, 0.4) is 0 Å². The molecular weight excluding hydrogens is 507 g/mol. The first-order valence-electron chi connectivity index (χ1n) is 3.32. The van der Waals surface area contributed by atoms with Crippen molar-refractivity contribution in [3.8, 4) is 0 Å². The average molecular weight is 515 g/mol. The van der Waals surface area contributed by atoms with Crippen molar-refractivity contribution in [1.82, 2.24) is 0 Å². The van der Waals surface area contributed by atoms with Gasteiger partial charge < -0.3 is 0 Å². The Hall–Kier alpha value is 2.69. The van der Waals surface area contributed by atoms with Gasteiger partial charge in [-0.15, -0.1) is 0 Å². The highest BCUT2D eigenvalue weighted by molar-refractivity contribution is 9.31. The van der Waals surface area contributed by atoms with Crippen LogP contribution in [-0.4, -0.2) is 10.8 Å². The van der Waals surface area contributed by atoms with E-state index in [1.807, 2.05) is 0 Å². The number of rotatable bonds is 4. The fourth-order valence-electron chi connectivity index (χ4n) is 0.612. The first kappa shape index (κ1) is 14.7. The molecule has 0 aromatic heterocycles. The number of hydrogen-bond donors (Lipinski definition) is 0. The van der Waals surface area contributed by atoms with Gasteiger partial charge in [-0.25, -0.2) is 0 Å². The van der Waals surface area contributed by atoms with Gasteiger partial charge in [-0.2, -0.15) is 0 Å². The third kappa shape index (κ3) is 4.05. The van der Waals surface area contributed by atoms with Crippen molar-refractivity contribution in [2.24, 2.45) is 0 Å². The highest BCUT2D eigenvalue weighted by Crippen LogP contribution is 2.55. The fraction of sp³-hybridized carbons (Fsp3) is 1.00. The van der Waals surface area contributed by atoms with Crippen LogP contribution in [0.5, 0.6) is 0 Å². The van der Waals surface area contributed by atoms with E-state index in [0.717, 1.165) is 12.8 Å². The third-order valence-corrected chi connectivity index (χ3v) is 10.1. The summed E-state index contributed by atoms with van der Waals surface area (Å²) in [5.41, 5.74) is 0. The molecule has 0 nitrogen and oxygen atoms in total. The summed E-state index contributed by atoms with van der Waals surface area (Å²) in [5, 5.41) is 0. The van der Waals surface area contributed by atoms with E-state index in [9.17, 15) is 0 Å². The number of hydrogen-bond acceptors (Lipinski definition) is 0. The van der Waals surface area contributed by atoms with E-state index in [1.54, 1.807) is 0 Å². The Bertz CT molecular complexity index is 141. The predicted molar refractivity (Wildman–Crippen MR) is 74.6 cm³/mol. The van der Waals surface area contributed by atoms with Crippen molar-refractivity contribution in [3.05, 3.63) is 0 Å².